The van der Waals surface area contributed by atoms with Gasteiger partial charge in [-0.2, -0.15) is 0 Å². The Kier molecular flexibility index (Phi) is 11.2. The molecule has 4 unspecified atom stereocenters. The number of carbonyl (C=O) groups excluding carboxylic acids is 3. The predicted molar refractivity (Wildman–Crippen MR) is 73.4 cm³/mol. The zero-order chi connectivity index (χ0) is 16.8. The summed E-state index contributed by atoms with van der Waals surface area (Å²) in [5.74, 6) is -2.80. The van der Waals surface area contributed by atoms with Crippen molar-refractivity contribution in [2.45, 2.75) is 38.4 Å². The molecule has 0 radical (unpaired) electrons. The van der Waals surface area contributed by atoms with Crippen molar-refractivity contribution in [3.8, 4) is 0 Å². The van der Waals surface area contributed by atoms with Gasteiger partial charge in [0, 0.05) is 12.8 Å². The van der Waals surface area contributed by atoms with Gasteiger partial charge in [0.1, 0.15) is 6.04 Å². The van der Waals surface area contributed by atoms with Crippen molar-refractivity contribution in [1.29, 1.82) is 0 Å². The van der Waals surface area contributed by atoms with Crippen molar-refractivity contribution in [3.63, 3.8) is 0 Å². The number of carboxylic acids is 1. The van der Waals surface area contributed by atoms with Crippen LogP contribution in [0, 0.1) is 0 Å². The molecule has 122 valence electrons. The van der Waals surface area contributed by atoms with Gasteiger partial charge in [-0.3, -0.25) is 14.2 Å². The standard InChI is InChI=1S/C11H22N3O6P.Na/c1-6(9(15)14-7(2)11(17)18)13-10(16)8(12)4-5-21(3,19)20;/h6-8H,4-5,12H2,1-3H3,(H,13,16)(H,14,15)(H,17,18)(H,19,20);/q;+1/p-1. The van der Waals surface area contributed by atoms with E-state index < -0.39 is 43.3 Å². The van der Waals surface area contributed by atoms with Crippen LogP contribution in [0.5, 0.6) is 0 Å². The summed E-state index contributed by atoms with van der Waals surface area (Å²) in [5, 5.41) is 14.9. The third kappa shape index (κ3) is 10.3. The summed E-state index contributed by atoms with van der Waals surface area (Å²) in [6.45, 7) is 3.75. The molecule has 0 spiro atoms. The number of carbonyl (C=O) groups is 3. The van der Waals surface area contributed by atoms with Crippen LogP contribution in [0.15, 0.2) is 0 Å². The number of amides is 2. The van der Waals surface area contributed by atoms with Gasteiger partial charge < -0.3 is 31.2 Å². The van der Waals surface area contributed by atoms with E-state index in [1.807, 2.05) is 0 Å². The summed E-state index contributed by atoms with van der Waals surface area (Å²) < 4.78 is 11.1. The van der Waals surface area contributed by atoms with Crippen molar-refractivity contribution in [2.75, 3.05) is 12.8 Å². The molecule has 22 heavy (non-hydrogen) atoms. The molecule has 0 aliphatic carbocycles. The number of nitrogens with two attached hydrogens (primary N) is 1. The normalized spacial score (nSPS) is 17.1. The van der Waals surface area contributed by atoms with Gasteiger partial charge in [-0.25, -0.2) is 0 Å². The van der Waals surface area contributed by atoms with Crippen molar-refractivity contribution >= 4 is 25.2 Å². The molecular weight excluding hydrogens is 324 g/mol. The van der Waals surface area contributed by atoms with E-state index in [2.05, 4.69) is 10.6 Å². The summed E-state index contributed by atoms with van der Waals surface area (Å²) in [5.41, 5.74) is 5.54. The first-order valence-corrected chi connectivity index (χ1v) is 8.59. The number of carboxylic acid groups (broad SMARTS) is 1. The fraction of sp³-hybridized carbons (Fsp3) is 0.727. The van der Waals surface area contributed by atoms with Gasteiger partial charge in [-0.1, -0.05) is 0 Å². The van der Waals surface area contributed by atoms with E-state index in [1.165, 1.54) is 13.8 Å². The van der Waals surface area contributed by atoms with E-state index in [0.717, 1.165) is 6.66 Å². The summed E-state index contributed by atoms with van der Waals surface area (Å²) in [6, 6.07) is -3.21. The van der Waals surface area contributed by atoms with Gasteiger partial charge >= 0.3 is 29.6 Å². The first-order valence-electron chi connectivity index (χ1n) is 6.30. The van der Waals surface area contributed by atoms with Crippen LogP contribution in [0.4, 0.5) is 0 Å². The van der Waals surface area contributed by atoms with Crippen LogP contribution < -0.4 is 51.0 Å². The monoisotopic (exact) mass is 345 g/mol. The maximum atomic E-state index is 11.7. The molecule has 0 aliphatic heterocycles. The molecule has 0 saturated carbocycles. The molecular formula is C11H21N3NaO6P. The molecule has 0 fully saturated rings. The van der Waals surface area contributed by atoms with Crippen molar-refractivity contribution in [1.82, 2.24) is 10.6 Å². The summed E-state index contributed by atoms with van der Waals surface area (Å²) in [4.78, 5) is 42.9. The van der Waals surface area contributed by atoms with Gasteiger partial charge in [0.2, 0.25) is 11.8 Å². The fourth-order valence-corrected chi connectivity index (χ4v) is 2.05. The van der Waals surface area contributed by atoms with Gasteiger partial charge in [0.15, 0.2) is 7.37 Å². The second kappa shape index (κ2) is 10.4. The Bertz CT molecular complexity index is 455. The molecule has 9 nitrogen and oxygen atoms in total. The summed E-state index contributed by atoms with van der Waals surface area (Å²) in [7, 11) is -3.25. The number of hydrogen-bond donors (Lipinski definition) is 4. The second-order valence-corrected chi connectivity index (χ2v) is 7.50. The number of hydrogen-bond acceptors (Lipinski definition) is 6. The average Bonchev–Trinajstić information content (AvgIpc) is 2.34. The first-order chi connectivity index (χ1) is 9.44. The number of nitrogens with one attached hydrogen (secondary N) is 2. The van der Waals surface area contributed by atoms with E-state index >= 15 is 0 Å². The largest absolute Gasteiger partial charge is 1.00 e. The van der Waals surface area contributed by atoms with Gasteiger partial charge in [-0.15, -0.1) is 0 Å². The Morgan fingerprint density at radius 3 is 2.05 bits per heavy atom. The van der Waals surface area contributed by atoms with Crippen LogP contribution in [0.25, 0.3) is 0 Å². The van der Waals surface area contributed by atoms with Crippen LogP contribution in [0.3, 0.4) is 0 Å². The topological polar surface area (TPSA) is 162 Å². The SMILES string of the molecule is CC(NC(=O)C(C)NC(=O)C(N)CCP(C)(=O)O)C(=O)[O-].[Na+]. The molecule has 0 heterocycles. The van der Waals surface area contributed by atoms with Crippen molar-refractivity contribution in [3.05, 3.63) is 0 Å². The van der Waals surface area contributed by atoms with Gasteiger partial charge in [0.25, 0.3) is 0 Å². The maximum absolute atomic E-state index is 11.7. The van der Waals surface area contributed by atoms with E-state index in [4.69, 9.17) is 10.6 Å². The average molecular weight is 345 g/mol. The van der Waals surface area contributed by atoms with Gasteiger partial charge in [-0.05, 0) is 20.3 Å². The number of rotatable bonds is 8. The van der Waals surface area contributed by atoms with Gasteiger partial charge in [0.05, 0.1) is 18.1 Å². The Labute approximate surface area is 151 Å². The zero-order valence-corrected chi connectivity index (χ0v) is 16.1. The van der Waals surface area contributed by atoms with E-state index in [1.54, 1.807) is 0 Å². The summed E-state index contributed by atoms with van der Waals surface area (Å²) in [6.07, 6.45) is -0.107. The Morgan fingerprint density at radius 1 is 1.18 bits per heavy atom. The fourth-order valence-electron chi connectivity index (χ4n) is 1.29. The second-order valence-electron chi connectivity index (χ2n) is 4.95. The van der Waals surface area contributed by atoms with E-state index in [0.29, 0.717) is 0 Å². The van der Waals surface area contributed by atoms with Crippen LogP contribution in [0.1, 0.15) is 20.3 Å². The minimum atomic E-state index is -3.25. The first kappa shape index (κ1) is 23.8. The minimum Gasteiger partial charge on any atom is -0.548 e. The Hall–Kier alpha value is -0.440. The molecule has 4 atom stereocenters. The smallest absolute Gasteiger partial charge is 0.548 e. The molecule has 0 saturated heterocycles. The predicted octanol–water partition coefficient (Wildman–Crippen LogP) is -5.63. The molecule has 0 bridgehead atoms. The van der Waals surface area contributed by atoms with E-state index in [9.17, 15) is 24.1 Å². The van der Waals surface area contributed by atoms with Crippen LogP contribution in [-0.2, 0) is 18.9 Å². The molecule has 0 aliphatic rings. The van der Waals surface area contributed by atoms with Crippen LogP contribution in [-0.4, -0.2) is 53.6 Å². The number of aliphatic carboxylic acids is 1. The Morgan fingerprint density at radius 2 is 1.64 bits per heavy atom. The zero-order valence-electron chi connectivity index (χ0n) is 13.2. The van der Waals surface area contributed by atoms with E-state index in [-0.39, 0.29) is 42.1 Å². The molecule has 0 aromatic carbocycles. The molecule has 11 heteroatoms. The third-order valence-corrected chi connectivity index (χ3v) is 3.74. The minimum absolute atomic E-state index is 0. The quantitative estimate of drug-likeness (QED) is 0.252. The molecule has 0 aromatic rings. The Balaban J connectivity index is 0. The summed E-state index contributed by atoms with van der Waals surface area (Å²) >= 11 is 0. The molecule has 5 N–H and O–H groups in total. The van der Waals surface area contributed by atoms with Crippen LogP contribution >= 0.6 is 7.37 Å². The molecule has 0 aromatic heterocycles. The van der Waals surface area contributed by atoms with Crippen LogP contribution in [0.2, 0.25) is 0 Å². The van der Waals surface area contributed by atoms with Crippen molar-refractivity contribution < 1.29 is 58.5 Å². The molecule has 0 rings (SSSR count). The third-order valence-electron chi connectivity index (χ3n) is 2.66. The van der Waals surface area contributed by atoms with Crippen molar-refractivity contribution in [2.24, 2.45) is 5.73 Å². The maximum Gasteiger partial charge on any atom is 1.00 e. The molecule has 2 amide bonds.